The van der Waals surface area contributed by atoms with Gasteiger partial charge in [-0.05, 0) is 16.7 Å². The molecule has 4 aromatic carbocycles. The number of anilines is 2. The minimum absolute atomic E-state index is 0.142. The van der Waals surface area contributed by atoms with E-state index < -0.39 is 22.9 Å². The molecular formula is C28H27N3O4. The van der Waals surface area contributed by atoms with Crippen LogP contribution in [0.4, 0.5) is 11.4 Å². The SMILES string of the molecule is COC(=O)[C@H](Cc1ccccc1)NNc1c(N(Cc2ccccc2)Cc2ccccc2)c(=O)c1=O. The van der Waals surface area contributed by atoms with Crippen molar-refractivity contribution >= 4 is 17.3 Å². The van der Waals surface area contributed by atoms with Gasteiger partial charge >= 0.3 is 5.97 Å². The zero-order valence-corrected chi connectivity index (χ0v) is 19.4. The molecule has 0 spiro atoms. The largest absolute Gasteiger partial charge is 0.468 e. The molecule has 4 rings (SSSR count). The molecule has 0 aromatic heterocycles. The lowest BCUT2D eigenvalue weighted by Gasteiger charge is -2.29. The Morgan fingerprint density at radius 1 is 0.771 bits per heavy atom. The highest BCUT2D eigenvalue weighted by Gasteiger charge is 2.28. The van der Waals surface area contributed by atoms with Crippen molar-refractivity contribution in [3.8, 4) is 0 Å². The molecule has 0 heterocycles. The van der Waals surface area contributed by atoms with Gasteiger partial charge in [-0.2, -0.15) is 0 Å². The van der Waals surface area contributed by atoms with Crippen LogP contribution in [0, 0.1) is 0 Å². The van der Waals surface area contributed by atoms with Crippen LogP contribution in [-0.2, 0) is 29.0 Å². The average Bonchev–Trinajstić information content (AvgIpc) is 2.90. The van der Waals surface area contributed by atoms with E-state index in [0.29, 0.717) is 25.2 Å². The van der Waals surface area contributed by atoms with Crippen LogP contribution < -0.4 is 26.6 Å². The highest BCUT2D eigenvalue weighted by molar-refractivity contribution is 5.78. The molecule has 0 fully saturated rings. The monoisotopic (exact) mass is 469 g/mol. The Bertz CT molecular complexity index is 1280. The molecule has 0 saturated carbocycles. The third kappa shape index (κ3) is 5.83. The fraction of sp³-hybridized carbons (Fsp3) is 0.179. The maximum absolute atomic E-state index is 12.7. The standard InChI is InChI=1S/C28H27N3O4/c1-35-28(34)23(17-20-11-5-2-6-12-20)29-30-24-25(27(33)26(24)32)31(18-21-13-7-3-8-14-21)19-22-15-9-4-10-16-22/h2-16,23,29-30H,17-19H2,1H3/t23-/m0/s1. The lowest BCUT2D eigenvalue weighted by atomic mass is 10.1. The molecule has 0 saturated heterocycles. The minimum Gasteiger partial charge on any atom is -0.468 e. The quantitative estimate of drug-likeness (QED) is 0.198. The Balaban J connectivity index is 1.58. The topological polar surface area (TPSA) is 87.7 Å². The molecule has 7 nitrogen and oxygen atoms in total. The van der Waals surface area contributed by atoms with Crippen molar-refractivity contribution in [3.05, 3.63) is 128 Å². The van der Waals surface area contributed by atoms with Crippen LogP contribution in [0.5, 0.6) is 0 Å². The predicted octanol–water partition coefficient (Wildman–Crippen LogP) is 3.19. The van der Waals surface area contributed by atoms with Crippen LogP contribution in [-0.4, -0.2) is 19.1 Å². The number of nitrogens with one attached hydrogen (secondary N) is 2. The first kappa shape index (κ1) is 23.9. The highest BCUT2D eigenvalue weighted by Crippen LogP contribution is 2.24. The Morgan fingerprint density at radius 3 is 1.74 bits per heavy atom. The van der Waals surface area contributed by atoms with Gasteiger partial charge < -0.3 is 15.1 Å². The molecule has 1 atom stereocenters. The third-order valence-corrected chi connectivity index (χ3v) is 5.77. The lowest BCUT2D eigenvalue weighted by Crippen LogP contribution is -2.48. The van der Waals surface area contributed by atoms with E-state index >= 15 is 0 Å². The van der Waals surface area contributed by atoms with Crippen molar-refractivity contribution in [2.75, 3.05) is 17.4 Å². The van der Waals surface area contributed by atoms with Crippen molar-refractivity contribution in [3.63, 3.8) is 0 Å². The molecule has 0 radical (unpaired) electrons. The summed E-state index contributed by atoms with van der Waals surface area (Å²) in [5, 5.41) is 0. The fourth-order valence-electron chi connectivity index (χ4n) is 3.96. The van der Waals surface area contributed by atoms with Gasteiger partial charge in [0.25, 0.3) is 10.9 Å². The number of carbonyl (C=O) groups excluding carboxylic acids is 1. The van der Waals surface area contributed by atoms with E-state index in [0.717, 1.165) is 16.7 Å². The number of ether oxygens (including phenoxy) is 1. The summed E-state index contributed by atoms with van der Waals surface area (Å²) in [7, 11) is 1.31. The summed E-state index contributed by atoms with van der Waals surface area (Å²) in [4.78, 5) is 39.5. The van der Waals surface area contributed by atoms with E-state index in [2.05, 4.69) is 10.9 Å². The Morgan fingerprint density at radius 2 is 1.26 bits per heavy atom. The highest BCUT2D eigenvalue weighted by atomic mass is 16.5. The van der Waals surface area contributed by atoms with E-state index in [1.54, 1.807) is 0 Å². The van der Waals surface area contributed by atoms with Gasteiger partial charge in [-0.1, -0.05) is 91.0 Å². The molecule has 4 aromatic rings. The normalized spacial score (nSPS) is 11.7. The molecule has 178 valence electrons. The van der Waals surface area contributed by atoms with E-state index in [4.69, 9.17) is 4.74 Å². The summed E-state index contributed by atoms with van der Waals surface area (Å²) in [6.45, 7) is 0.888. The number of hydrogen-bond donors (Lipinski definition) is 2. The summed E-state index contributed by atoms with van der Waals surface area (Å²) in [5.41, 5.74) is 7.95. The number of carbonyl (C=O) groups is 1. The lowest BCUT2D eigenvalue weighted by molar-refractivity contribution is -0.142. The van der Waals surface area contributed by atoms with Gasteiger partial charge in [0.05, 0.1) is 7.11 Å². The summed E-state index contributed by atoms with van der Waals surface area (Å²) in [5.74, 6) is -0.480. The van der Waals surface area contributed by atoms with Crippen LogP contribution in [0.2, 0.25) is 0 Å². The van der Waals surface area contributed by atoms with Gasteiger partial charge in [0, 0.05) is 19.5 Å². The maximum atomic E-state index is 12.7. The second-order valence-electron chi connectivity index (χ2n) is 8.24. The van der Waals surface area contributed by atoms with E-state index in [1.165, 1.54) is 7.11 Å². The number of methoxy groups -OCH3 is 1. The smallest absolute Gasteiger partial charge is 0.325 e. The number of benzene rings is 3. The average molecular weight is 470 g/mol. The molecule has 35 heavy (non-hydrogen) atoms. The van der Waals surface area contributed by atoms with E-state index in [9.17, 15) is 14.4 Å². The first-order valence-corrected chi connectivity index (χ1v) is 11.4. The first-order chi connectivity index (χ1) is 17.1. The molecule has 0 unspecified atom stereocenters. The number of hydrazine groups is 1. The van der Waals surface area contributed by atoms with Gasteiger partial charge in [0.2, 0.25) is 0 Å². The van der Waals surface area contributed by atoms with Crippen LogP contribution in [0.25, 0.3) is 0 Å². The van der Waals surface area contributed by atoms with Crippen molar-refractivity contribution in [2.24, 2.45) is 0 Å². The molecule has 0 aliphatic rings. The number of rotatable bonds is 11. The number of nitrogens with zero attached hydrogens (tertiary/aromatic N) is 1. The Labute approximate surface area is 203 Å². The Hall–Kier alpha value is -4.23. The summed E-state index contributed by atoms with van der Waals surface area (Å²) < 4.78 is 4.93. The van der Waals surface area contributed by atoms with Gasteiger partial charge in [-0.3, -0.25) is 14.4 Å². The van der Waals surface area contributed by atoms with Crippen molar-refractivity contribution in [1.29, 1.82) is 0 Å². The van der Waals surface area contributed by atoms with Gasteiger partial charge in [-0.15, -0.1) is 0 Å². The van der Waals surface area contributed by atoms with Crippen LogP contribution in [0.1, 0.15) is 16.7 Å². The van der Waals surface area contributed by atoms with Gasteiger partial charge in [-0.25, -0.2) is 5.43 Å². The van der Waals surface area contributed by atoms with Crippen molar-refractivity contribution in [1.82, 2.24) is 5.43 Å². The fourth-order valence-corrected chi connectivity index (χ4v) is 3.96. The molecule has 0 aliphatic heterocycles. The maximum Gasteiger partial charge on any atom is 0.325 e. The van der Waals surface area contributed by atoms with Crippen LogP contribution >= 0.6 is 0 Å². The van der Waals surface area contributed by atoms with E-state index in [-0.39, 0.29) is 5.69 Å². The van der Waals surface area contributed by atoms with Crippen molar-refractivity contribution < 1.29 is 9.53 Å². The van der Waals surface area contributed by atoms with Crippen molar-refractivity contribution in [2.45, 2.75) is 25.6 Å². The molecule has 0 aliphatic carbocycles. The molecule has 7 heteroatoms. The Kier molecular flexibility index (Phi) is 7.70. The summed E-state index contributed by atoms with van der Waals surface area (Å²) in [6, 6.07) is 28.2. The second kappa shape index (κ2) is 11.3. The second-order valence-corrected chi connectivity index (χ2v) is 8.24. The minimum atomic E-state index is -0.753. The van der Waals surface area contributed by atoms with Crippen LogP contribution in [0.3, 0.4) is 0 Å². The zero-order valence-electron chi connectivity index (χ0n) is 19.4. The molecular weight excluding hydrogens is 442 g/mol. The van der Waals surface area contributed by atoms with E-state index in [1.807, 2.05) is 95.9 Å². The molecule has 0 amide bonds. The summed E-state index contributed by atoms with van der Waals surface area (Å²) in [6.07, 6.45) is 0.350. The zero-order chi connectivity index (χ0) is 24.6. The number of hydrogen-bond acceptors (Lipinski definition) is 7. The number of esters is 1. The third-order valence-electron chi connectivity index (χ3n) is 5.77. The molecule has 2 N–H and O–H groups in total. The van der Waals surface area contributed by atoms with Gasteiger partial charge in [0.1, 0.15) is 17.4 Å². The van der Waals surface area contributed by atoms with Crippen LogP contribution in [0.15, 0.2) is 101 Å². The first-order valence-electron chi connectivity index (χ1n) is 11.4. The molecule has 0 bridgehead atoms. The van der Waals surface area contributed by atoms with Gasteiger partial charge in [0.15, 0.2) is 0 Å². The summed E-state index contributed by atoms with van der Waals surface area (Å²) >= 11 is 0. The predicted molar refractivity (Wildman–Crippen MR) is 137 cm³/mol.